The van der Waals surface area contributed by atoms with E-state index in [9.17, 15) is 27.9 Å². The van der Waals surface area contributed by atoms with Gasteiger partial charge in [0.15, 0.2) is 0 Å². The Balaban J connectivity index is 1.95. The number of fused-ring (bicyclic) bond motifs is 1. The highest BCUT2D eigenvalue weighted by atomic mass is 19.3. The lowest BCUT2D eigenvalue weighted by Gasteiger charge is -2.18. The van der Waals surface area contributed by atoms with Crippen LogP contribution >= 0.6 is 0 Å². The van der Waals surface area contributed by atoms with E-state index in [1.165, 1.54) is 61.9 Å². The topological polar surface area (TPSA) is 107 Å². The second kappa shape index (κ2) is 8.12. The van der Waals surface area contributed by atoms with Gasteiger partial charge in [0.05, 0.1) is 16.6 Å². The Kier molecular flexibility index (Phi) is 5.44. The van der Waals surface area contributed by atoms with E-state index in [4.69, 9.17) is 4.74 Å². The number of ether oxygens (including phenoxy) is 1. The number of hydrogen-bond donors (Lipinski definition) is 1. The molecule has 0 bridgehead atoms. The third-order valence-electron chi connectivity index (χ3n) is 4.58. The molecule has 8 nitrogen and oxygen atoms in total. The molecule has 0 radical (unpaired) electrons. The van der Waals surface area contributed by atoms with E-state index < -0.39 is 35.0 Å². The van der Waals surface area contributed by atoms with Crippen molar-refractivity contribution in [1.82, 2.24) is 14.9 Å². The van der Waals surface area contributed by atoms with Crippen molar-refractivity contribution in [2.45, 2.75) is 19.1 Å². The number of hydrogen-bond acceptors (Lipinski definition) is 6. The lowest BCUT2D eigenvalue weighted by Crippen LogP contribution is -2.26. The third-order valence-corrected chi connectivity index (χ3v) is 4.58. The molecule has 33 heavy (non-hydrogen) atoms. The van der Waals surface area contributed by atoms with Crippen LogP contribution in [-0.4, -0.2) is 39.6 Å². The van der Waals surface area contributed by atoms with Gasteiger partial charge < -0.3 is 14.4 Å². The average Bonchev–Trinajstić information content (AvgIpc) is 3.23. The fraction of sp³-hybridized carbons (Fsp3) is 0.143. The number of alkyl halides is 3. The van der Waals surface area contributed by atoms with E-state index in [2.05, 4.69) is 14.8 Å². The van der Waals surface area contributed by atoms with Gasteiger partial charge in [-0.2, -0.15) is 5.10 Å². The quantitative estimate of drug-likeness (QED) is 0.443. The van der Waals surface area contributed by atoms with Crippen LogP contribution in [0.5, 0.6) is 5.75 Å². The molecule has 1 unspecified atom stereocenters. The Morgan fingerprint density at radius 1 is 1.24 bits per heavy atom. The standard InChI is InChI=1S/C21H15BF3N3O5/c1-21(22,25)32-11-7-5-10(6-8-11)28-14-4-2-3-12(13-9-15(19(23)24)33-27-13)16(14)18(29)17(26-28)20(30)31/h2-9,19H,22H2,1H3,(H,30,31). The first-order chi connectivity index (χ1) is 15.5. The maximum Gasteiger partial charge on any atom is 0.360 e. The highest BCUT2D eigenvalue weighted by molar-refractivity contribution is 6.13. The molecule has 0 amide bonds. The summed E-state index contributed by atoms with van der Waals surface area (Å²) < 4.78 is 50.6. The van der Waals surface area contributed by atoms with E-state index in [0.717, 1.165) is 6.07 Å². The molecule has 1 N–H and O–H groups in total. The minimum Gasteiger partial charge on any atom is -0.476 e. The highest BCUT2D eigenvalue weighted by Gasteiger charge is 2.23. The summed E-state index contributed by atoms with van der Waals surface area (Å²) in [5.41, 5.74) is -1.11. The lowest BCUT2D eigenvalue weighted by atomic mass is 9.99. The minimum absolute atomic E-state index is 0.0592. The molecular weight excluding hydrogens is 442 g/mol. The number of carbonyl (C=O) groups is 1. The van der Waals surface area contributed by atoms with Crippen LogP contribution in [-0.2, 0) is 0 Å². The van der Waals surface area contributed by atoms with Gasteiger partial charge in [-0.05, 0) is 37.3 Å². The number of rotatable bonds is 6. The fourth-order valence-corrected chi connectivity index (χ4v) is 3.28. The van der Waals surface area contributed by atoms with Crippen LogP contribution in [0.15, 0.2) is 57.8 Å². The van der Waals surface area contributed by atoms with Crippen LogP contribution in [0.1, 0.15) is 29.6 Å². The Morgan fingerprint density at radius 2 is 1.94 bits per heavy atom. The van der Waals surface area contributed by atoms with Gasteiger partial charge in [-0.15, -0.1) is 0 Å². The normalized spacial score (nSPS) is 13.2. The minimum atomic E-state index is -2.91. The molecule has 0 aliphatic rings. The molecule has 0 fully saturated rings. The maximum atomic E-state index is 13.7. The van der Waals surface area contributed by atoms with Crippen LogP contribution in [0.2, 0.25) is 0 Å². The summed E-state index contributed by atoms with van der Waals surface area (Å²) in [5, 5.41) is 17.0. The molecule has 168 valence electrons. The molecule has 0 saturated carbocycles. The van der Waals surface area contributed by atoms with Crippen LogP contribution in [0.25, 0.3) is 27.8 Å². The second-order valence-electron chi connectivity index (χ2n) is 7.47. The Morgan fingerprint density at radius 3 is 2.52 bits per heavy atom. The monoisotopic (exact) mass is 457 g/mol. The molecule has 2 aromatic carbocycles. The van der Waals surface area contributed by atoms with E-state index in [0.29, 0.717) is 5.69 Å². The first-order valence-corrected chi connectivity index (χ1v) is 9.58. The highest BCUT2D eigenvalue weighted by Crippen LogP contribution is 2.30. The van der Waals surface area contributed by atoms with Crippen molar-refractivity contribution in [2.75, 3.05) is 0 Å². The summed E-state index contributed by atoms with van der Waals surface area (Å²) in [4.78, 5) is 24.7. The fourth-order valence-electron chi connectivity index (χ4n) is 3.28. The molecule has 0 aliphatic heterocycles. The van der Waals surface area contributed by atoms with Gasteiger partial charge in [0.1, 0.15) is 11.4 Å². The third kappa shape index (κ3) is 4.31. The first-order valence-electron chi connectivity index (χ1n) is 9.58. The summed E-state index contributed by atoms with van der Waals surface area (Å²) in [5.74, 6) is -3.96. The Labute approximate surface area is 184 Å². The van der Waals surface area contributed by atoms with Crippen LogP contribution in [0, 0.1) is 0 Å². The molecule has 0 spiro atoms. The molecule has 0 aliphatic carbocycles. The van der Waals surface area contributed by atoms with E-state index >= 15 is 0 Å². The largest absolute Gasteiger partial charge is 0.476 e. The number of carboxylic acid groups (broad SMARTS) is 1. The van der Waals surface area contributed by atoms with Crippen LogP contribution < -0.4 is 10.2 Å². The Hall–Kier alpha value is -4.09. The molecule has 12 heteroatoms. The van der Waals surface area contributed by atoms with Crippen molar-refractivity contribution in [3.05, 3.63) is 70.2 Å². The molecule has 2 heterocycles. The molecule has 2 aromatic heterocycles. The molecule has 1 atom stereocenters. The molecular formula is C21H15BF3N3O5. The van der Waals surface area contributed by atoms with Gasteiger partial charge in [0, 0.05) is 11.6 Å². The van der Waals surface area contributed by atoms with Crippen molar-refractivity contribution < 1.29 is 32.3 Å². The van der Waals surface area contributed by atoms with Gasteiger partial charge in [-0.25, -0.2) is 22.6 Å². The van der Waals surface area contributed by atoms with Crippen molar-refractivity contribution in [3.8, 4) is 22.7 Å². The predicted molar refractivity (Wildman–Crippen MR) is 113 cm³/mol. The number of halogens is 3. The first kappa shape index (κ1) is 22.1. The summed E-state index contributed by atoms with van der Waals surface area (Å²) in [6.07, 6.45) is -2.91. The zero-order valence-corrected chi connectivity index (χ0v) is 17.3. The van der Waals surface area contributed by atoms with E-state index in [1.54, 1.807) is 0 Å². The number of aromatic carboxylic acids is 1. The smallest absolute Gasteiger partial charge is 0.360 e. The van der Waals surface area contributed by atoms with Gasteiger partial charge >= 0.3 is 5.97 Å². The number of aromatic nitrogens is 3. The van der Waals surface area contributed by atoms with Gasteiger partial charge in [0.2, 0.25) is 30.5 Å². The van der Waals surface area contributed by atoms with Crippen LogP contribution in [0.4, 0.5) is 13.2 Å². The molecule has 4 aromatic rings. The van der Waals surface area contributed by atoms with E-state index in [-0.39, 0.29) is 27.9 Å². The summed E-state index contributed by atoms with van der Waals surface area (Å²) in [7, 11) is 1.24. The average molecular weight is 457 g/mol. The van der Waals surface area contributed by atoms with Crippen molar-refractivity contribution in [2.24, 2.45) is 0 Å². The number of benzene rings is 2. The summed E-state index contributed by atoms with van der Waals surface area (Å²) in [6.45, 7) is 1.24. The van der Waals surface area contributed by atoms with Crippen molar-refractivity contribution in [1.29, 1.82) is 0 Å². The lowest BCUT2D eigenvalue weighted by molar-refractivity contribution is 0.0391. The van der Waals surface area contributed by atoms with Crippen molar-refractivity contribution >= 4 is 24.7 Å². The zero-order chi connectivity index (χ0) is 23.9. The Bertz CT molecular complexity index is 1410. The van der Waals surface area contributed by atoms with Gasteiger partial charge in [0.25, 0.3) is 6.43 Å². The number of nitrogens with zero attached hydrogens (tertiary/aromatic N) is 3. The predicted octanol–water partition coefficient (Wildman–Crippen LogP) is 3.33. The maximum absolute atomic E-state index is 13.7. The van der Waals surface area contributed by atoms with Crippen molar-refractivity contribution in [3.63, 3.8) is 0 Å². The van der Waals surface area contributed by atoms with Crippen LogP contribution in [0.3, 0.4) is 0 Å². The summed E-state index contributed by atoms with van der Waals surface area (Å²) >= 11 is 0. The number of carboxylic acids is 1. The summed E-state index contributed by atoms with van der Waals surface area (Å²) in [6, 6.07) is 11.4. The van der Waals surface area contributed by atoms with Gasteiger partial charge in [-0.1, -0.05) is 17.3 Å². The van der Waals surface area contributed by atoms with Gasteiger partial charge in [-0.3, -0.25) is 4.79 Å². The van der Waals surface area contributed by atoms with E-state index in [1.807, 2.05) is 0 Å². The second-order valence-corrected chi connectivity index (χ2v) is 7.47. The zero-order valence-electron chi connectivity index (χ0n) is 17.3. The SMILES string of the molecule is BC(C)(F)Oc1ccc(-n2nc(C(=O)O)c(=O)c3c(-c4cc(C(F)F)on4)cccc32)cc1. The molecule has 4 rings (SSSR count). The molecule has 0 saturated heterocycles.